The molecular weight excluding hydrogens is 307 g/mol. The minimum atomic E-state index is -5.00. The van der Waals surface area contributed by atoms with Crippen LogP contribution in [0.15, 0.2) is 42.5 Å². The molecule has 2 rings (SSSR count). The zero-order chi connectivity index (χ0) is 14.8. The monoisotopic (exact) mass is 320 g/mol. The second-order valence-electron chi connectivity index (χ2n) is 4.55. The van der Waals surface area contributed by atoms with Crippen LogP contribution < -0.4 is 61.6 Å². The van der Waals surface area contributed by atoms with Crippen LogP contribution in [0.3, 0.4) is 0 Å². The quantitative estimate of drug-likeness (QED) is 0.823. The molecule has 0 amide bonds. The largest absolute Gasteiger partial charge is 1.00 e. The molecule has 2 aromatic carbocycles. The van der Waals surface area contributed by atoms with Crippen LogP contribution in [0, 0.1) is 6.92 Å². The number of ether oxygens (including phenoxy) is 1. The second-order valence-corrected chi connectivity index (χ2v) is 4.55. The molecular formula is C14H13BF3KO2. The Bertz CT molecular complexity index is 617. The summed E-state index contributed by atoms with van der Waals surface area (Å²) >= 11 is 0. The molecule has 106 valence electrons. The Kier molecular flexibility index (Phi) is 6.80. The zero-order valence-corrected chi connectivity index (χ0v) is 14.9. The van der Waals surface area contributed by atoms with Crippen molar-refractivity contribution < 1.29 is 74.2 Å². The summed E-state index contributed by atoms with van der Waals surface area (Å²) in [5, 5.41) is 9.30. The van der Waals surface area contributed by atoms with E-state index in [9.17, 15) is 18.1 Å². The van der Waals surface area contributed by atoms with E-state index in [0.29, 0.717) is 5.75 Å². The van der Waals surface area contributed by atoms with E-state index in [0.717, 1.165) is 11.6 Å². The fourth-order valence-electron chi connectivity index (χ4n) is 1.92. The molecule has 0 aromatic heterocycles. The summed E-state index contributed by atoms with van der Waals surface area (Å²) in [5.74, 6) is 0.493. The normalized spacial score (nSPS) is 10.9. The van der Waals surface area contributed by atoms with Gasteiger partial charge < -0.3 is 22.8 Å². The smallest absolute Gasteiger partial charge is 0.508 e. The van der Waals surface area contributed by atoms with Crippen molar-refractivity contribution in [2.75, 3.05) is 0 Å². The van der Waals surface area contributed by atoms with Gasteiger partial charge in [0.25, 0.3) is 0 Å². The maximum Gasteiger partial charge on any atom is 1.00 e. The number of benzene rings is 2. The topological polar surface area (TPSA) is 29.5 Å². The number of phenolic OH excluding ortho intramolecular Hbond substituents is 1. The first-order chi connectivity index (χ1) is 9.36. The molecule has 0 saturated carbocycles. The van der Waals surface area contributed by atoms with Crippen molar-refractivity contribution in [2.24, 2.45) is 0 Å². The molecule has 0 fully saturated rings. The van der Waals surface area contributed by atoms with Gasteiger partial charge >= 0.3 is 58.4 Å². The Morgan fingerprint density at radius 3 is 2.38 bits per heavy atom. The molecule has 7 heteroatoms. The third-order valence-electron chi connectivity index (χ3n) is 2.91. The minimum Gasteiger partial charge on any atom is -0.508 e. The average molecular weight is 320 g/mol. The van der Waals surface area contributed by atoms with Crippen LogP contribution >= 0.6 is 0 Å². The summed E-state index contributed by atoms with van der Waals surface area (Å²) in [5.41, 5.74) is 0.285. The molecule has 21 heavy (non-hydrogen) atoms. The van der Waals surface area contributed by atoms with Gasteiger partial charge in [-0.2, -0.15) is 0 Å². The van der Waals surface area contributed by atoms with E-state index >= 15 is 0 Å². The molecule has 0 aliphatic rings. The summed E-state index contributed by atoms with van der Waals surface area (Å²) in [6, 6.07) is 10.2. The Balaban J connectivity index is 0.00000220. The van der Waals surface area contributed by atoms with Gasteiger partial charge in [-0.1, -0.05) is 23.8 Å². The number of aryl methyl sites for hydroxylation is 1. The van der Waals surface area contributed by atoms with Crippen molar-refractivity contribution in [3.63, 3.8) is 0 Å². The van der Waals surface area contributed by atoms with Crippen molar-refractivity contribution in [1.29, 1.82) is 0 Å². The molecule has 1 N–H and O–H groups in total. The van der Waals surface area contributed by atoms with Crippen LogP contribution in [0.2, 0.25) is 0 Å². The van der Waals surface area contributed by atoms with E-state index in [2.05, 4.69) is 0 Å². The molecule has 0 radical (unpaired) electrons. The van der Waals surface area contributed by atoms with Crippen molar-refractivity contribution in [3.8, 4) is 11.5 Å². The molecule has 0 saturated heterocycles. The number of halogens is 3. The standard InChI is InChI=1S/C14H13BF3O2.K/c1-10-7-13(5-6-14(10)15(16,17)18)20-9-11-3-2-4-12(19)8-11;/h2-8,19H,9H2,1H3;/q-1;+1. The van der Waals surface area contributed by atoms with Crippen LogP contribution in [0.4, 0.5) is 12.9 Å². The average Bonchev–Trinajstić information content (AvgIpc) is 2.35. The van der Waals surface area contributed by atoms with Gasteiger partial charge in [0, 0.05) is 0 Å². The van der Waals surface area contributed by atoms with Crippen molar-refractivity contribution in [3.05, 3.63) is 53.6 Å². The van der Waals surface area contributed by atoms with Gasteiger partial charge in [-0.15, -0.1) is 5.46 Å². The van der Waals surface area contributed by atoms with Crippen LogP contribution in [0.25, 0.3) is 0 Å². The van der Waals surface area contributed by atoms with Gasteiger partial charge in [-0.05, 0) is 36.8 Å². The van der Waals surface area contributed by atoms with Crippen molar-refractivity contribution >= 4 is 12.4 Å². The minimum absolute atomic E-state index is 0. The maximum atomic E-state index is 12.7. The molecule has 0 spiro atoms. The summed E-state index contributed by atoms with van der Waals surface area (Å²) in [4.78, 5) is 0. The first kappa shape index (κ1) is 18.6. The SMILES string of the molecule is Cc1cc(OCc2cccc(O)c2)ccc1[B-](F)(F)F.[K+]. The summed E-state index contributed by atoms with van der Waals surface area (Å²) < 4.78 is 43.4. The van der Waals surface area contributed by atoms with Crippen LogP contribution in [-0.2, 0) is 6.61 Å². The van der Waals surface area contributed by atoms with E-state index in [1.807, 2.05) is 0 Å². The van der Waals surface area contributed by atoms with E-state index in [1.165, 1.54) is 25.1 Å². The third-order valence-corrected chi connectivity index (χ3v) is 2.91. The van der Waals surface area contributed by atoms with Crippen molar-refractivity contribution in [2.45, 2.75) is 13.5 Å². The molecule has 0 atom stereocenters. The molecule has 2 aromatic rings. The molecule has 0 aliphatic heterocycles. The van der Waals surface area contributed by atoms with Gasteiger partial charge in [0.2, 0.25) is 0 Å². The van der Waals surface area contributed by atoms with Gasteiger partial charge in [-0.3, -0.25) is 0 Å². The van der Waals surface area contributed by atoms with Crippen LogP contribution in [0.5, 0.6) is 11.5 Å². The molecule has 0 aliphatic carbocycles. The van der Waals surface area contributed by atoms with Gasteiger partial charge in [-0.25, -0.2) is 0 Å². The molecule has 0 unspecified atom stereocenters. The predicted molar refractivity (Wildman–Crippen MR) is 72.3 cm³/mol. The number of hydrogen-bond acceptors (Lipinski definition) is 2. The number of hydrogen-bond donors (Lipinski definition) is 1. The van der Waals surface area contributed by atoms with Gasteiger partial charge in [0.1, 0.15) is 18.1 Å². The zero-order valence-electron chi connectivity index (χ0n) is 11.8. The second kappa shape index (κ2) is 7.69. The Labute approximate surface area is 163 Å². The predicted octanol–water partition coefficient (Wildman–Crippen LogP) is 0.338. The fourth-order valence-corrected chi connectivity index (χ4v) is 1.92. The third kappa shape index (κ3) is 5.34. The first-order valence-electron chi connectivity index (χ1n) is 6.07. The molecule has 0 heterocycles. The van der Waals surface area contributed by atoms with Gasteiger partial charge in [0.05, 0.1) is 0 Å². The van der Waals surface area contributed by atoms with Crippen molar-refractivity contribution in [1.82, 2.24) is 0 Å². The van der Waals surface area contributed by atoms with E-state index < -0.39 is 12.4 Å². The summed E-state index contributed by atoms with van der Waals surface area (Å²) in [6.45, 7) is -3.40. The van der Waals surface area contributed by atoms with E-state index in [4.69, 9.17) is 4.74 Å². The number of aromatic hydroxyl groups is 1. The Hall–Kier alpha value is -0.469. The molecule has 0 bridgehead atoms. The maximum absolute atomic E-state index is 12.7. The van der Waals surface area contributed by atoms with Gasteiger partial charge in [0.15, 0.2) is 0 Å². The number of phenols is 1. The first-order valence-corrected chi connectivity index (χ1v) is 6.07. The summed E-state index contributed by atoms with van der Waals surface area (Å²) in [7, 11) is 0. The number of rotatable bonds is 4. The Morgan fingerprint density at radius 1 is 1.10 bits per heavy atom. The van der Waals surface area contributed by atoms with Crippen LogP contribution in [0.1, 0.15) is 11.1 Å². The van der Waals surface area contributed by atoms with E-state index in [-0.39, 0.29) is 69.3 Å². The fraction of sp³-hybridized carbons (Fsp3) is 0.143. The summed E-state index contributed by atoms with van der Waals surface area (Å²) in [6.07, 6.45) is 0. The van der Waals surface area contributed by atoms with E-state index in [1.54, 1.807) is 18.2 Å². The molecule has 2 nitrogen and oxygen atoms in total. The van der Waals surface area contributed by atoms with Crippen LogP contribution in [-0.4, -0.2) is 12.1 Å². The Morgan fingerprint density at radius 2 is 1.81 bits per heavy atom.